The van der Waals surface area contributed by atoms with E-state index in [4.69, 9.17) is 4.74 Å². The Morgan fingerprint density at radius 3 is 1.75 bits per heavy atom. The van der Waals surface area contributed by atoms with Crippen LogP contribution in [0.1, 0.15) is 129 Å². The Balaban J connectivity index is 1.93. The monoisotopic (exact) mass is 414 g/mol. The largest absolute Gasteiger partial charge is 0.461 e. The predicted octanol–water partition coefficient (Wildman–Crippen LogP) is 7.09. The van der Waals surface area contributed by atoms with Gasteiger partial charge >= 0.3 is 5.97 Å². The second-order valence-corrected chi connectivity index (χ2v) is 10.4. The number of rotatable bonds is 17. The summed E-state index contributed by atoms with van der Waals surface area (Å²) >= 11 is 0. The van der Waals surface area contributed by atoms with Crippen molar-refractivity contribution < 1.29 is 13.7 Å². The first-order chi connectivity index (χ1) is 13.6. The molecule has 0 spiro atoms. The average Bonchev–Trinajstić information content (AvgIpc) is 2.68. The number of hydrogen-bond acceptors (Lipinski definition) is 3. The molecular formula is C24H46O3S. The second kappa shape index (κ2) is 17.5. The summed E-state index contributed by atoms with van der Waals surface area (Å²) < 4.78 is 18.0. The van der Waals surface area contributed by atoms with E-state index in [-0.39, 0.29) is 17.3 Å². The Hall–Kier alpha value is -0.380. The molecule has 3 atom stereocenters. The predicted molar refractivity (Wildman–Crippen MR) is 121 cm³/mol. The minimum absolute atomic E-state index is 0.0691. The zero-order valence-corrected chi connectivity index (χ0v) is 19.5. The van der Waals surface area contributed by atoms with Crippen molar-refractivity contribution in [1.29, 1.82) is 0 Å². The van der Waals surface area contributed by atoms with Gasteiger partial charge in [0.2, 0.25) is 0 Å². The summed E-state index contributed by atoms with van der Waals surface area (Å²) in [7, 11) is -0.846. The number of ether oxygens (including phenoxy) is 1. The molecule has 1 rings (SSSR count). The van der Waals surface area contributed by atoms with Gasteiger partial charge in [-0.1, -0.05) is 96.8 Å². The fourth-order valence-electron chi connectivity index (χ4n) is 4.30. The van der Waals surface area contributed by atoms with Gasteiger partial charge in [0.15, 0.2) is 0 Å². The molecule has 0 aromatic heterocycles. The van der Waals surface area contributed by atoms with Gasteiger partial charge in [0, 0.05) is 23.5 Å². The van der Waals surface area contributed by atoms with E-state index in [1.165, 1.54) is 90.4 Å². The summed E-state index contributed by atoms with van der Waals surface area (Å²) in [5, 5.41) is 0.0691. The van der Waals surface area contributed by atoms with Crippen LogP contribution in [0.15, 0.2) is 0 Å². The van der Waals surface area contributed by atoms with Crippen LogP contribution in [0, 0.1) is 0 Å². The van der Waals surface area contributed by atoms with E-state index in [2.05, 4.69) is 6.92 Å². The van der Waals surface area contributed by atoms with Crippen LogP contribution < -0.4 is 0 Å². The van der Waals surface area contributed by atoms with Gasteiger partial charge in [0.25, 0.3) is 0 Å². The maximum atomic E-state index is 12.6. The molecule has 0 amide bonds. The van der Waals surface area contributed by atoms with Crippen LogP contribution in [-0.4, -0.2) is 27.3 Å². The molecule has 166 valence electrons. The van der Waals surface area contributed by atoms with Crippen molar-refractivity contribution in [2.45, 2.75) is 141 Å². The molecule has 0 aromatic rings. The van der Waals surface area contributed by atoms with Gasteiger partial charge in [-0.2, -0.15) is 0 Å². The van der Waals surface area contributed by atoms with E-state index in [0.29, 0.717) is 0 Å². The van der Waals surface area contributed by atoms with E-state index in [0.717, 1.165) is 37.9 Å². The molecule has 1 aliphatic carbocycles. The van der Waals surface area contributed by atoms with Crippen LogP contribution in [0.2, 0.25) is 0 Å². The number of carbonyl (C=O) groups is 1. The van der Waals surface area contributed by atoms with Crippen LogP contribution >= 0.6 is 0 Å². The minimum atomic E-state index is -0.846. The molecule has 0 bridgehead atoms. The van der Waals surface area contributed by atoms with Crippen LogP contribution in [0.25, 0.3) is 0 Å². The molecule has 0 aliphatic heterocycles. The highest BCUT2D eigenvalue weighted by Gasteiger charge is 2.31. The molecule has 1 aliphatic rings. The SMILES string of the molecule is CCCCCCCCCCCCCCCC[S@@](=O)[C@H]1CCCCC1OC(C)=O. The lowest BCUT2D eigenvalue weighted by molar-refractivity contribution is -0.147. The molecule has 1 saturated carbocycles. The molecule has 4 heteroatoms. The van der Waals surface area contributed by atoms with Gasteiger partial charge in [0.1, 0.15) is 6.10 Å². The van der Waals surface area contributed by atoms with E-state index in [1.54, 1.807) is 0 Å². The van der Waals surface area contributed by atoms with Crippen LogP contribution in [-0.2, 0) is 20.3 Å². The Morgan fingerprint density at radius 2 is 1.25 bits per heavy atom. The van der Waals surface area contributed by atoms with Crippen molar-refractivity contribution in [3.8, 4) is 0 Å². The van der Waals surface area contributed by atoms with Crippen molar-refractivity contribution in [3.63, 3.8) is 0 Å². The lowest BCUT2D eigenvalue weighted by atomic mass is 9.97. The Bertz CT molecular complexity index is 411. The topological polar surface area (TPSA) is 43.4 Å². The van der Waals surface area contributed by atoms with Crippen LogP contribution in [0.4, 0.5) is 0 Å². The average molecular weight is 415 g/mol. The highest BCUT2D eigenvalue weighted by molar-refractivity contribution is 7.85. The van der Waals surface area contributed by atoms with E-state index in [1.807, 2.05) is 0 Å². The Kier molecular flexibility index (Phi) is 16.0. The standard InChI is InChI=1S/C24H46O3S/c1-3-4-5-6-7-8-9-10-11-12-13-14-15-18-21-28(26)24-20-17-16-19-23(24)27-22(2)25/h23-24H,3-21H2,1-2H3/t23?,24-,28+/m0/s1. The van der Waals surface area contributed by atoms with Crippen molar-refractivity contribution >= 4 is 16.8 Å². The molecule has 1 unspecified atom stereocenters. The highest BCUT2D eigenvalue weighted by Crippen LogP contribution is 2.26. The third-order valence-electron chi connectivity index (χ3n) is 6.00. The first kappa shape index (κ1) is 25.7. The first-order valence-corrected chi connectivity index (χ1v) is 13.6. The Morgan fingerprint density at radius 1 is 0.786 bits per heavy atom. The normalized spacial score (nSPS) is 20.8. The van der Waals surface area contributed by atoms with Crippen molar-refractivity contribution in [1.82, 2.24) is 0 Å². The maximum Gasteiger partial charge on any atom is 0.302 e. The molecule has 3 nitrogen and oxygen atoms in total. The fraction of sp³-hybridized carbons (Fsp3) is 0.958. The van der Waals surface area contributed by atoms with Gasteiger partial charge in [-0.15, -0.1) is 0 Å². The van der Waals surface area contributed by atoms with Crippen molar-refractivity contribution in [3.05, 3.63) is 0 Å². The van der Waals surface area contributed by atoms with E-state index >= 15 is 0 Å². The van der Waals surface area contributed by atoms with Gasteiger partial charge in [-0.3, -0.25) is 9.00 Å². The van der Waals surface area contributed by atoms with E-state index < -0.39 is 10.8 Å². The molecule has 0 saturated heterocycles. The highest BCUT2D eigenvalue weighted by atomic mass is 32.2. The van der Waals surface area contributed by atoms with Crippen LogP contribution in [0.3, 0.4) is 0 Å². The zero-order valence-electron chi connectivity index (χ0n) is 18.7. The lowest BCUT2D eigenvalue weighted by Gasteiger charge is -2.30. The molecular weight excluding hydrogens is 368 g/mol. The fourth-order valence-corrected chi connectivity index (χ4v) is 6.05. The summed E-state index contributed by atoms with van der Waals surface area (Å²) in [6, 6.07) is 0. The molecule has 1 fully saturated rings. The Labute approximate surface area is 177 Å². The van der Waals surface area contributed by atoms with Gasteiger partial charge < -0.3 is 4.74 Å². The summed E-state index contributed by atoms with van der Waals surface area (Å²) in [4.78, 5) is 11.3. The number of esters is 1. The lowest BCUT2D eigenvalue weighted by Crippen LogP contribution is -2.37. The number of carbonyl (C=O) groups excluding carboxylic acids is 1. The second-order valence-electron chi connectivity index (χ2n) is 8.65. The van der Waals surface area contributed by atoms with Gasteiger partial charge in [-0.25, -0.2) is 0 Å². The summed E-state index contributed by atoms with van der Waals surface area (Å²) in [5.41, 5.74) is 0. The zero-order chi connectivity index (χ0) is 20.5. The number of hydrogen-bond donors (Lipinski definition) is 0. The molecule has 0 radical (unpaired) electrons. The van der Waals surface area contributed by atoms with Gasteiger partial charge in [-0.05, 0) is 25.7 Å². The smallest absolute Gasteiger partial charge is 0.302 e. The van der Waals surface area contributed by atoms with E-state index in [9.17, 15) is 9.00 Å². The first-order valence-electron chi connectivity index (χ1n) is 12.2. The van der Waals surface area contributed by atoms with Crippen molar-refractivity contribution in [2.24, 2.45) is 0 Å². The number of unbranched alkanes of at least 4 members (excludes halogenated alkanes) is 13. The summed E-state index contributed by atoms with van der Waals surface area (Å²) in [6.07, 6.45) is 22.7. The van der Waals surface area contributed by atoms with Crippen molar-refractivity contribution in [2.75, 3.05) is 5.75 Å². The molecule has 0 N–H and O–H groups in total. The summed E-state index contributed by atoms with van der Waals surface area (Å²) in [5.74, 6) is 0.547. The third-order valence-corrected chi connectivity index (χ3v) is 7.90. The minimum Gasteiger partial charge on any atom is -0.461 e. The molecule has 0 heterocycles. The quantitative estimate of drug-likeness (QED) is 0.188. The molecule has 0 aromatic carbocycles. The summed E-state index contributed by atoms with van der Waals surface area (Å²) in [6.45, 7) is 3.74. The van der Waals surface area contributed by atoms with Gasteiger partial charge in [0.05, 0.1) is 5.25 Å². The maximum absolute atomic E-state index is 12.6. The molecule has 28 heavy (non-hydrogen) atoms. The third kappa shape index (κ3) is 13.0. The van der Waals surface area contributed by atoms with Crippen LogP contribution in [0.5, 0.6) is 0 Å².